The lowest BCUT2D eigenvalue weighted by molar-refractivity contribution is -0.383. The van der Waals surface area contributed by atoms with Gasteiger partial charge >= 0.3 is 0 Å². The molecule has 1 aromatic carbocycles. The molecule has 0 amide bonds. The average molecular weight is 387 g/mol. The van der Waals surface area contributed by atoms with Crippen molar-refractivity contribution < 1.29 is 10.0 Å². The second kappa shape index (κ2) is 8.39. The van der Waals surface area contributed by atoms with Crippen molar-refractivity contribution >= 4 is 34.7 Å². The first-order valence-corrected chi connectivity index (χ1v) is 8.31. The number of pyridine rings is 1. The Morgan fingerprint density at radius 2 is 2.00 bits per heavy atom. The Hall–Kier alpha value is -3.30. The number of nitrogens with zero attached hydrogens (tertiary/aromatic N) is 4. The molecule has 0 aliphatic carbocycles. The summed E-state index contributed by atoms with van der Waals surface area (Å²) in [7, 11) is 0. The molecule has 0 saturated carbocycles. The number of benzene rings is 1. The Labute approximate surface area is 159 Å². The van der Waals surface area contributed by atoms with Gasteiger partial charge in [0.25, 0.3) is 5.69 Å². The quantitative estimate of drug-likeness (QED) is 0.417. The highest BCUT2D eigenvalue weighted by molar-refractivity contribution is 6.31. The second-order valence-electron chi connectivity index (χ2n) is 5.37. The molecule has 0 aliphatic heterocycles. The van der Waals surface area contributed by atoms with Crippen LogP contribution in [0.3, 0.4) is 0 Å². The van der Waals surface area contributed by atoms with E-state index in [-0.39, 0.29) is 30.5 Å². The minimum absolute atomic E-state index is 0.0975. The summed E-state index contributed by atoms with van der Waals surface area (Å²) < 4.78 is 0. The van der Waals surface area contributed by atoms with E-state index in [4.69, 9.17) is 16.7 Å². The van der Waals surface area contributed by atoms with Gasteiger partial charge in [-0.05, 0) is 24.3 Å². The molecule has 3 aromatic rings. The first kappa shape index (κ1) is 18.5. The van der Waals surface area contributed by atoms with Crippen molar-refractivity contribution in [2.45, 2.75) is 0 Å². The summed E-state index contributed by atoms with van der Waals surface area (Å²) in [5.41, 5.74) is 1.18. The molecule has 138 valence electrons. The fourth-order valence-electron chi connectivity index (χ4n) is 2.31. The van der Waals surface area contributed by atoms with E-state index in [0.29, 0.717) is 22.2 Å². The van der Waals surface area contributed by atoms with Gasteiger partial charge in [0.2, 0.25) is 5.95 Å². The number of aliphatic hydroxyl groups excluding tert-OH is 1. The van der Waals surface area contributed by atoms with Gasteiger partial charge in [0, 0.05) is 29.9 Å². The van der Waals surface area contributed by atoms with E-state index in [1.807, 2.05) is 6.07 Å². The Kier molecular flexibility index (Phi) is 5.74. The lowest BCUT2D eigenvalue weighted by atomic mass is 10.2. The predicted molar refractivity (Wildman–Crippen MR) is 102 cm³/mol. The van der Waals surface area contributed by atoms with Crippen LogP contribution in [0.15, 0.2) is 48.7 Å². The van der Waals surface area contributed by atoms with Crippen LogP contribution in [0.2, 0.25) is 5.02 Å². The van der Waals surface area contributed by atoms with Crippen molar-refractivity contribution in [3.05, 3.63) is 63.8 Å². The molecule has 3 N–H and O–H groups in total. The number of nitrogens with one attached hydrogen (secondary N) is 2. The van der Waals surface area contributed by atoms with E-state index >= 15 is 0 Å². The highest BCUT2D eigenvalue weighted by Crippen LogP contribution is 2.31. The van der Waals surface area contributed by atoms with Gasteiger partial charge in [-0.3, -0.25) is 15.1 Å². The molecule has 3 rings (SSSR count). The Morgan fingerprint density at radius 1 is 1.15 bits per heavy atom. The van der Waals surface area contributed by atoms with Crippen LogP contribution in [0.25, 0.3) is 11.4 Å². The molecule has 0 unspecified atom stereocenters. The molecule has 0 fully saturated rings. The van der Waals surface area contributed by atoms with Gasteiger partial charge in [0.1, 0.15) is 11.5 Å². The molecule has 10 heteroatoms. The monoisotopic (exact) mass is 386 g/mol. The SMILES string of the molecule is O=[N+]([O-])c1ccc(Cl)cc1Nc1cc(-c2ccccn2)nc(NCCO)n1. The van der Waals surface area contributed by atoms with Crippen LogP contribution < -0.4 is 10.6 Å². The van der Waals surface area contributed by atoms with Gasteiger partial charge in [-0.15, -0.1) is 0 Å². The molecular formula is C17H15ClN6O3. The van der Waals surface area contributed by atoms with E-state index in [1.165, 1.54) is 18.2 Å². The molecule has 0 radical (unpaired) electrons. The third kappa shape index (κ3) is 4.66. The van der Waals surface area contributed by atoms with Crippen molar-refractivity contribution in [3.8, 4) is 11.4 Å². The molecule has 0 aliphatic rings. The Bertz CT molecular complexity index is 955. The highest BCUT2D eigenvalue weighted by Gasteiger charge is 2.16. The topological polar surface area (TPSA) is 126 Å². The molecule has 0 atom stereocenters. The number of anilines is 3. The van der Waals surface area contributed by atoms with Gasteiger partial charge in [-0.25, -0.2) is 4.98 Å². The van der Waals surface area contributed by atoms with E-state index in [0.717, 1.165) is 0 Å². The maximum Gasteiger partial charge on any atom is 0.292 e. The van der Waals surface area contributed by atoms with E-state index in [1.54, 1.807) is 24.4 Å². The van der Waals surface area contributed by atoms with Gasteiger partial charge in [0.15, 0.2) is 0 Å². The van der Waals surface area contributed by atoms with Crippen LogP contribution in [0, 0.1) is 10.1 Å². The highest BCUT2D eigenvalue weighted by atomic mass is 35.5. The number of rotatable bonds is 7. The summed E-state index contributed by atoms with van der Waals surface area (Å²) in [6, 6.07) is 11.2. The summed E-state index contributed by atoms with van der Waals surface area (Å²) in [6.45, 7) is 0.155. The van der Waals surface area contributed by atoms with Gasteiger partial charge in [-0.2, -0.15) is 4.98 Å². The number of hydrogen-bond acceptors (Lipinski definition) is 8. The first-order chi connectivity index (χ1) is 13.1. The molecule has 9 nitrogen and oxygen atoms in total. The molecule has 27 heavy (non-hydrogen) atoms. The van der Waals surface area contributed by atoms with Crippen molar-refractivity contribution in [2.24, 2.45) is 0 Å². The fraction of sp³-hybridized carbons (Fsp3) is 0.118. The fourth-order valence-corrected chi connectivity index (χ4v) is 2.48. The van der Waals surface area contributed by atoms with Crippen molar-refractivity contribution in [1.29, 1.82) is 0 Å². The van der Waals surface area contributed by atoms with Crippen molar-refractivity contribution in [3.63, 3.8) is 0 Å². The zero-order chi connectivity index (χ0) is 19.2. The zero-order valence-electron chi connectivity index (χ0n) is 14.0. The standard InChI is InChI=1S/C17H15ClN6O3/c18-11-4-5-15(24(26)27)14(9-11)21-16-10-13(12-3-1-2-6-19-12)22-17(23-16)20-7-8-25/h1-6,9-10,25H,7-8H2,(H2,20,21,22,23). The first-order valence-electron chi connectivity index (χ1n) is 7.93. The van der Waals surface area contributed by atoms with Crippen LogP contribution >= 0.6 is 11.6 Å². The number of aliphatic hydroxyl groups is 1. The van der Waals surface area contributed by atoms with Crippen LogP contribution in [0.4, 0.5) is 23.1 Å². The number of halogens is 1. The average Bonchev–Trinajstić information content (AvgIpc) is 2.66. The summed E-state index contributed by atoms with van der Waals surface area (Å²) in [5.74, 6) is 0.566. The van der Waals surface area contributed by atoms with E-state index < -0.39 is 4.92 Å². The normalized spacial score (nSPS) is 10.4. The number of hydrogen-bond donors (Lipinski definition) is 3. The smallest absolute Gasteiger partial charge is 0.292 e. The summed E-state index contributed by atoms with van der Waals surface area (Å²) in [4.78, 5) is 23.6. The molecule has 0 spiro atoms. The van der Waals surface area contributed by atoms with E-state index in [9.17, 15) is 10.1 Å². The van der Waals surface area contributed by atoms with Crippen molar-refractivity contribution in [1.82, 2.24) is 15.0 Å². The second-order valence-corrected chi connectivity index (χ2v) is 5.81. The summed E-state index contributed by atoms with van der Waals surface area (Å²) in [5, 5.41) is 26.4. The molecule has 0 saturated heterocycles. The number of aromatic nitrogens is 3. The maximum absolute atomic E-state index is 11.3. The van der Waals surface area contributed by atoms with Crippen molar-refractivity contribution in [2.75, 3.05) is 23.8 Å². The van der Waals surface area contributed by atoms with Crippen LogP contribution in [-0.4, -0.2) is 38.1 Å². The van der Waals surface area contributed by atoms with Gasteiger partial charge in [0.05, 0.1) is 22.9 Å². The third-order valence-corrected chi connectivity index (χ3v) is 3.70. The van der Waals surface area contributed by atoms with E-state index in [2.05, 4.69) is 25.6 Å². The zero-order valence-corrected chi connectivity index (χ0v) is 14.7. The van der Waals surface area contributed by atoms with Crippen LogP contribution in [0.1, 0.15) is 0 Å². The maximum atomic E-state index is 11.3. The molecule has 2 aromatic heterocycles. The molecule has 0 bridgehead atoms. The summed E-state index contributed by atoms with van der Waals surface area (Å²) >= 11 is 5.97. The molecular weight excluding hydrogens is 372 g/mol. The minimum Gasteiger partial charge on any atom is -0.395 e. The minimum atomic E-state index is -0.509. The number of nitro benzene ring substituents is 1. The Balaban J connectivity index is 2.02. The largest absolute Gasteiger partial charge is 0.395 e. The lowest BCUT2D eigenvalue weighted by Gasteiger charge is -2.11. The number of nitro groups is 1. The lowest BCUT2D eigenvalue weighted by Crippen LogP contribution is -2.10. The molecule has 2 heterocycles. The van der Waals surface area contributed by atoms with Gasteiger partial charge < -0.3 is 15.7 Å². The summed E-state index contributed by atoms with van der Waals surface area (Å²) in [6.07, 6.45) is 1.63. The van der Waals surface area contributed by atoms with Crippen LogP contribution in [0.5, 0.6) is 0 Å². The van der Waals surface area contributed by atoms with Crippen LogP contribution in [-0.2, 0) is 0 Å². The van der Waals surface area contributed by atoms with Gasteiger partial charge in [-0.1, -0.05) is 17.7 Å². The Morgan fingerprint density at radius 3 is 2.70 bits per heavy atom. The third-order valence-electron chi connectivity index (χ3n) is 3.47. The predicted octanol–water partition coefficient (Wildman–Crippen LogP) is 3.25.